The maximum atomic E-state index is 11.0. The summed E-state index contributed by atoms with van der Waals surface area (Å²) in [6, 6.07) is 25.2. The van der Waals surface area contributed by atoms with E-state index in [0.29, 0.717) is 35.5 Å². The average molecular weight is 491 g/mol. The molecule has 0 N–H and O–H groups in total. The molecule has 0 unspecified atom stereocenters. The molecule has 0 saturated heterocycles. The summed E-state index contributed by atoms with van der Waals surface area (Å²) in [6.07, 6.45) is 1.13. The molecule has 0 amide bonds. The van der Waals surface area contributed by atoms with Gasteiger partial charge in [-0.3, -0.25) is 0 Å². The number of carbonyl (C=O) groups is 2. The van der Waals surface area contributed by atoms with Crippen molar-refractivity contribution in [3.8, 4) is 23.0 Å². The summed E-state index contributed by atoms with van der Waals surface area (Å²) in [5.74, 6) is 0.455. The van der Waals surface area contributed by atoms with Crippen LogP contribution in [0.15, 0.2) is 84.9 Å². The van der Waals surface area contributed by atoms with E-state index in [1.807, 2.05) is 48.5 Å². The first-order valence-electron chi connectivity index (χ1n) is 10.7. The molecular weight excluding hydrogens is 472 g/mol. The maximum absolute atomic E-state index is 11.0. The van der Waals surface area contributed by atoms with Crippen LogP contribution in [0.4, 0.5) is 0 Å². The van der Waals surface area contributed by atoms with Gasteiger partial charge in [0.05, 0.1) is 11.9 Å². The van der Waals surface area contributed by atoms with Crippen LogP contribution in [0.2, 0.25) is 0 Å². The molecule has 0 aromatic heterocycles. The van der Waals surface area contributed by atoms with E-state index in [4.69, 9.17) is 9.47 Å². The topological polar surface area (TPSA) is 98.7 Å². The number of aromatic carboxylic acids is 2. The van der Waals surface area contributed by atoms with Crippen molar-refractivity contribution in [2.45, 2.75) is 12.8 Å². The fourth-order valence-corrected chi connectivity index (χ4v) is 4.19. The number of para-hydroxylation sites is 2. The molecule has 4 aromatic rings. The normalized spacial score (nSPS) is 11.9. The van der Waals surface area contributed by atoms with Crippen molar-refractivity contribution >= 4 is 49.7 Å². The second kappa shape index (κ2) is 10.5. The van der Waals surface area contributed by atoms with Gasteiger partial charge in [0.25, 0.3) is 0 Å². The molecule has 0 atom stereocenters. The summed E-state index contributed by atoms with van der Waals surface area (Å²) >= 11 is 0. The number of benzene rings is 4. The number of carboxylic acid groups (broad SMARTS) is 2. The van der Waals surface area contributed by atoms with Crippen LogP contribution in [0.1, 0.15) is 43.0 Å². The third-order valence-electron chi connectivity index (χ3n) is 5.83. The van der Waals surface area contributed by atoms with E-state index in [1.54, 1.807) is 36.4 Å². The second-order valence-corrected chi connectivity index (χ2v) is 7.91. The summed E-state index contributed by atoms with van der Waals surface area (Å²) in [5, 5.41) is 22.0. The third kappa shape index (κ3) is 5.05. The van der Waals surface area contributed by atoms with E-state index in [0.717, 1.165) is 22.6 Å². The van der Waals surface area contributed by atoms with Crippen molar-refractivity contribution in [2.24, 2.45) is 0 Å². The summed E-state index contributed by atoms with van der Waals surface area (Å²) in [5.41, 5.74) is 3.77. The molecular formula is C28H18CaO6. The first kappa shape index (κ1) is 24.8. The van der Waals surface area contributed by atoms with E-state index < -0.39 is 11.9 Å². The molecule has 0 radical (unpaired) electrons. The molecule has 35 heavy (non-hydrogen) atoms. The standard InChI is InChI=1S/2C14H10O3.Ca/c2*15-14(16)10-5-3-7-13-11(10)8-9-4-1-2-6-12(9)17-13;/h2*1-7H,8H2,(H,15,16);/q;;+2/p-2. The Morgan fingerprint density at radius 3 is 1.31 bits per heavy atom. The number of fused-ring (bicyclic) bond motifs is 4. The maximum Gasteiger partial charge on any atom is 2.00 e. The quantitative estimate of drug-likeness (QED) is 0.346. The van der Waals surface area contributed by atoms with Crippen molar-refractivity contribution in [3.05, 3.63) is 118 Å². The molecule has 6 rings (SSSR count). The van der Waals surface area contributed by atoms with Crippen LogP contribution >= 0.6 is 0 Å². The van der Waals surface area contributed by atoms with Gasteiger partial charge < -0.3 is 29.3 Å². The largest absolute Gasteiger partial charge is 2.00 e. The van der Waals surface area contributed by atoms with Gasteiger partial charge in [-0.2, -0.15) is 0 Å². The predicted molar refractivity (Wildman–Crippen MR) is 126 cm³/mol. The SMILES string of the molecule is O=C([O-])c1cccc2c1Cc1ccccc1O2.O=C([O-])c1cccc2c1Cc1ccccc1O2.[Ca+2]. The van der Waals surface area contributed by atoms with Crippen LogP contribution in [-0.4, -0.2) is 49.7 Å². The van der Waals surface area contributed by atoms with E-state index >= 15 is 0 Å². The number of ether oxygens (including phenoxy) is 2. The van der Waals surface area contributed by atoms with E-state index in [9.17, 15) is 19.8 Å². The number of hydrogen-bond acceptors (Lipinski definition) is 6. The summed E-state index contributed by atoms with van der Waals surface area (Å²) in [6.45, 7) is 0. The first-order valence-corrected chi connectivity index (χ1v) is 10.7. The van der Waals surface area contributed by atoms with Gasteiger partial charge in [-0.05, 0) is 35.4 Å². The Hall–Kier alpha value is -3.32. The van der Waals surface area contributed by atoms with Crippen molar-refractivity contribution in [3.63, 3.8) is 0 Å². The van der Waals surface area contributed by atoms with E-state index in [-0.39, 0.29) is 48.9 Å². The van der Waals surface area contributed by atoms with Crippen molar-refractivity contribution in [1.29, 1.82) is 0 Å². The number of carboxylic acids is 2. The Labute approximate surface area is 231 Å². The summed E-state index contributed by atoms with van der Waals surface area (Å²) in [4.78, 5) is 22.0. The van der Waals surface area contributed by atoms with Crippen molar-refractivity contribution < 1.29 is 29.3 Å². The van der Waals surface area contributed by atoms with Gasteiger partial charge in [-0.1, -0.05) is 60.7 Å². The zero-order valence-corrected chi connectivity index (χ0v) is 20.9. The van der Waals surface area contributed by atoms with Crippen molar-refractivity contribution in [2.75, 3.05) is 0 Å². The van der Waals surface area contributed by atoms with Gasteiger partial charge in [0.1, 0.15) is 23.0 Å². The second-order valence-electron chi connectivity index (χ2n) is 7.91. The monoisotopic (exact) mass is 490 g/mol. The Kier molecular flexibility index (Phi) is 7.45. The number of hydrogen-bond donors (Lipinski definition) is 0. The fourth-order valence-electron chi connectivity index (χ4n) is 4.19. The van der Waals surface area contributed by atoms with Gasteiger partial charge in [0.15, 0.2) is 0 Å². The Morgan fingerprint density at radius 2 is 0.914 bits per heavy atom. The number of carbonyl (C=O) groups excluding carboxylic acids is 2. The number of rotatable bonds is 2. The van der Waals surface area contributed by atoms with Gasteiger partial charge >= 0.3 is 37.7 Å². The van der Waals surface area contributed by atoms with Crippen LogP contribution in [0.3, 0.4) is 0 Å². The zero-order valence-electron chi connectivity index (χ0n) is 18.7. The minimum atomic E-state index is -1.16. The van der Waals surface area contributed by atoms with Gasteiger partial charge in [0, 0.05) is 35.1 Å². The molecule has 0 saturated carbocycles. The molecule has 2 aliphatic heterocycles. The molecule has 6 nitrogen and oxygen atoms in total. The van der Waals surface area contributed by atoms with E-state index in [1.165, 1.54) is 0 Å². The average Bonchev–Trinajstić information content (AvgIpc) is 2.85. The summed E-state index contributed by atoms with van der Waals surface area (Å²) in [7, 11) is 0. The van der Waals surface area contributed by atoms with Gasteiger partial charge in [0.2, 0.25) is 0 Å². The van der Waals surface area contributed by atoms with Gasteiger partial charge in [-0.15, -0.1) is 0 Å². The Bertz CT molecular complexity index is 1320. The van der Waals surface area contributed by atoms with E-state index in [2.05, 4.69) is 0 Å². The molecule has 0 bridgehead atoms. The zero-order chi connectivity index (χ0) is 23.7. The van der Waals surface area contributed by atoms with Crippen LogP contribution in [0, 0.1) is 0 Å². The molecule has 7 heteroatoms. The Balaban J connectivity index is 0.000000160. The molecule has 0 fully saturated rings. The van der Waals surface area contributed by atoms with Crippen LogP contribution in [0.5, 0.6) is 23.0 Å². The minimum absolute atomic E-state index is 0. The predicted octanol–water partition coefficient (Wildman–Crippen LogP) is 3.11. The molecule has 0 aliphatic carbocycles. The minimum Gasteiger partial charge on any atom is -0.545 e. The molecule has 0 spiro atoms. The molecule has 2 aliphatic rings. The smallest absolute Gasteiger partial charge is 0.545 e. The van der Waals surface area contributed by atoms with Crippen LogP contribution < -0.4 is 19.7 Å². The van der Waals surface area contributed by atoms with Crippen molar-refractivity contribution in [1.82, 2.24) is 0 Å². The van der Waals surface area contributed by atoms with Gasteiger partial charge in [-0.25, -0.2) is 0 Å². The van der Waals surface area contributed by atoms with Crippen LogP contribution in [0.25, 0.3) is 0 Å². The molecule has 168 valence electrons. The van der Waals surface area contributed by atoms with Crippen LogP contribution in [-0.2, 0) is 12.8 Å². The fraction of sp³-hybridized carbons (Fsp3) is 0.0714. The first-order chi connectivity index (χ1) is 16.5. The summed E-state index contributed by atoms with van der Waals surface area (Å²) < 4.78 is 11.4. The molecule has 4 aromatic carbocycles. The third-order valence-corrected chi connectivity index (χ3v) is 5.83. The molecule has 2 heterocycles. The Morgan fingerprint density at radius 1 is 0.543 bits per heavy atom.